The zero-order chi connectivity index (χ0) is 7.68. The van der Waals surface area contributed by atoms with E-state index in [0.717, 1.165) is 10.7 Å². The van der Waals surface area contributed by atoms with Crippen molar-refractivity contribution in [3.63, 3.8) is 0 Å². The van der Waals surface area contributed by atoms with Crippen molar-refractivity contribution in [3.8, 4) is 0 Å². The zero-order valence-electron chi connectivity index (χ0n) is 6.28. The fourth-order valence-corrected chi connectivity index (χ4v) is 1.12. The molecule has 0 spiro atoms. The fourth-order valence-electron chi connectivity index (χ4n) is 1.12. The largest absolute Gasteiger partial charge is 0.258 e. The molecule has 0 amide bonds. The van der Waals surface area contributed by atoms with Gasteiger partial charge in [0.15, 0.2) is 0 Å². The van der Waals surface area contributed by atoms with Crippen molar-refractivity contribution in [1.29, 1.82) is 0 Å². The second kappa shape index (κ2) is 2.34. The minimum absolute atomic E-state index is 0.442. The lowest BCUT2D eigenvalue weighted by molar-refractivity contribution is 0.918. The molecule has 1 atom stereocenters. The van der Waals surface area contributed by atoms with Crippen LogP contribution in [0.4, 0.5) is 0 Å². The molecule has 1 aromatic heterocycles. The molecule has 1 unspecified atom stereocenters. The first kappa shape index (κ1) is 6.34. The van der Waals surface area contributed by atoms with Crippen LogP contribution >= 0.6 is 0 Å². The summed E-state index contributed by atoms with van der Waals surface area (Å²) in [7, 11) is 0. The SMILES string of the molecule is CC1C=CC=c2[nH]nnc2=C1. The molecule has 56 valence electrons. The number of aromatic amines is 1. The van der Waals surface area contributed by atoms with Crippen LogP contribution in [-0.4, -0.2) is 15.4 Å². The lowest BCUT2D eigenvalue weighted by Gasteiger charge is -1.90. The van der Waals surface area contributed by atoms with Crippen LogP contribution in [0.25, 0.3) is 12.2 Å². The van der Waals surface area contributed by atoms with Gasteiger partial charge in [-0.25, -0.2) is 0 Å². The molecule has 0 fully saturated rings. The molecule has 3 nitrogen and oxygen atoms in total. The maximum Gasteiger partial charge on any atom is 0.109 e. The molecule has 1 aliphatic rings. The van der Waals surface area contributed by atoms with E-state index in [2.05, 4.69) is 34.5 Å². The lowest BCUT2D eigenvalue weighted by Crippen LogP contribution is -2.23. The van der Waals surface area contributed by atoms with Crippen molar-refractivity contribution in [2.75, 3.05) is 0 Å². The average molecular weight is 147 g/mol. The summed E-state index contributed by atoms with van der Waals surface area (Å²) < 4.78 is 0. The Labute approximate surface area is 64.1 Å². The Bertz CT molecular complexity index is 386. The van der Waals surface area contributed by atoms with Crippen LogP contribution in [0.1, 0.15) is 6.92 Å². The van der Waals surface area contributed by atoms with Crippen molar-refractivity contribution in [1.82, 2.24) is 15.4 Å². The summed E-state index contributed by atoms with van der Waals surface area (Å²) in [5.74, 6) is 0.442. The highest BCUT2D eigenvalue weighted by Gasteiger charge is 1.96. The molecule has 1 N–H and O–H groups in total. The zero-order valence-corrected chi connectivity index (χ0v) is 6.28. The summed E-state index contributed by atoms with van der Waals surface area (Å²) in [4.78, 5) is 0. The molecule has 0 aliphatic heterocycles. The van der Waals surface area contributed by atoms with Gasteiger partial charge in [0.05, 0.1) is 5.35 Å². The summed E-state index contributed by atoms with van der Waals surface area (Å²) in [5, 5.41) is 12.4. The van der Waals surface area contributed by atoms with Gasteiger partial charge in [0.2, 0.25) is 0 Å². The number of nitrogens with one attached hydrogen (secondary N) is 1. The average Bonchev–Trinajstić information content (AvgIpc) is 2.31. The van der Waals surface area contributed by atoms with Gasteiger partial charge in [-0.2, -0.15) is 0 Å². The van der Waals surface area contributed by atoms with E-state index in [9.17, 15) is 0 Å². The van der Waals surface area contributed by atoms with E-state index in [4.69, 9.17) is 0 Å². The Balaban J connectivity index is 2.74. The van der Waals surface area contributed by atoms with Crippen molar-refractivity contribution >= 4 is 12.2 Å². The Hall–Kier alpha value is -1.38. The maximum absolute atomic E-state index is 3.93. The van der Waals surface area contributed by atoms with Gasteiger partial charge in [0.1, 0.15) is 5.35 Å². The highest BCUT2D eigenvalue weighted by atomic mass is 15.3. The van der Waals surface area contributed by atoms with Crippen molar-refractivity contribution in [2.24, 2.45) is 5.92 Å². The molecule has 0 bridgehead atoms. The van der Waals surface area contributed by atoms with Crippen LogP contribution < -0.4 is 10.7 Å². The van der Waals surface area contributed by atoms with Crippen LogP contribution in [0.3, 0.4) is 0 Å². The molecule has 1 heterocycles. The summed E-state index contributed by atoms with van der Waals surface area (Å²) in [6.07, 6.45) is 8.20. The molecule has 11 heavy (non-hydrogen) atoms. The third-order valence-corrected chi connectivity index (χ3v) is 1.70. The van der Waals surface area contributed by atoms with Gasteiger partial charge in [-0.05, 0) is 18.1 Å². The number of allylic oxidation sites excluding steroid dienone is 2. The number of aromatic nitrogens is 3. The molecule has 1 aliphatic carbocycles. The van der Waals surface area contributed by atoms with E-state index in [1.807, 2.05) is 12.2 Å². The predicted octanol–water partition coefficient (Wildman–Crippen LogP) is -0.428. The normalized spacial score (nSPS) is 21.4. The lowest BCUT2D eigenvalue weighted by atomic mass is 10.2. The van der Waals surface area contributed by atoms with Gasteiger partial charge in [0, 0.05) is 0 Å². The monoisotopic (exact) mass is 147 g/mol. The van der Waals surface area contributed by atoms with Crippen LogP contribution in [-0.2, 0) is 0 Å². The molecule has 0 radical (unpaired) electrons. The van der Waals surface area contributed by atoms with Crippen LogP contribution in [0.5, 0.6) is 0 Å². The second-order valence-electron chi connectivity index (χ2n) is 2.69. The summed E-state index contributed by atoms with van der Waals surface area (Å²) in [6, 6.07) is 0. The van der Waals surface area contributed by atoms with Gasteiger partial charge in [0.25, 0.3) is 0 Å². The number of hydrogen-bond donors (Lipinski definition) is 1. The quantitative estimate of drug-likeness (QED) is 0.541. The summed E-state index contributed by atoms with van der Waals surface area (Å²) in [6.45, 7) is 2.12. The number of rotatable bonds is 0. The summed E-state index contributed by atoms with van der Waals surface area (Å²) in [5.41, 5.74) is 0. The van der Waals surface area contributed by atoms with E-state index in [-0.39, 0.29) is 0 Å². The Morgan fingerprint density at radius 3 is 3.36 bits per heavy atom. The predicted molar refractivity (Wildman–Crippen MR) is 42.9 cm³/mol. The maximum atomic E-state index is 3.93. The van der Waals surface area contributed by atoms with E-state index < -0.39 is 0 Å². The van der Waals surface area contributed by atoms with Crippen LogP contribution in [0, 0.1) is 5.92 Å². The van der Waals surface area contributed by atoms with Gasteiger partial charge in [-0.15, -0.1) is 5.10 Å². The molecule has 0 saturated heterocycles. The third kappa shape index (κ3) is 1.09. The first-order valence-electron chi connectivity index (χ1n) is 3.64. The van der Waals surface area contributed by atoms with Crippen molar-refractivity contribution < 1.29 is 0 Å². The number of hydrogen-bond acceptors (Lipinski definition) is 2. The van der Waals surface area contributed by atoms with Gasteiger partial charge >= 0.3 is 0 Å². The fraction of sp³-hybridized carbons (Fsp3) is 0.250. The van der Waals surface area contributed by atoms with E-state index in [0.29, 0.717) is 5.92 Å². The number of H-pyrrole nitrogens is 1. The topological polar surface area (TPSA) is 41.6 Å². The van der Waals surface area contributed by atoms with Crippen molar-refractivity contribution in [2.45, 2.75) is 6.92 Å². The highest BCUT2D eigenvalue weighted by Crippen LogP contribution is 1.98. The minimum atomic E-state index is 0.442. The molecule has 2 rings (SSSR count). The second-order valence-corrected chi connectivity index (χ2v) is 2.69. The third-order valence-electron chi connectivity index (χ3n) is 1.70. The molecular weight excluding hydrogens is 138 g/mol. The Morgan fingerprint density at radius 2 is 2.45 bits per heavy atom. The molecule has 1 aromatic rings. The standard InChI is InChI=1S/C8H9N3/c1-6-3-2-4-7-8(5-6)10-11-9-7/h2-6H,1H3,(H,9,10). The van der Waals surface area contributed by atoms with Crippen LogP contribution in [0.15, 0.2) is 12.2 Å². The number of fused-ring (bicyclic) bond motifs is 1. The van der Waals surface area contributed by atoms with Gasteiger partial charge < -0.3 is 0 Å². The van der Waals surface area contributed by atoms with Crippen LogP contribution in [0.2, 0.25) is 0 Å². The number of nitrogens with zero attached hydrogens (tertiary/aromatic N) is 2. The van der Waals surface area contributed by atoms with Crippen molar-refractivity contribution in [3.05, 3.63) is 22.9 Å². The highest BCUT2D eigenvalue weighted by molar-refractivity contribution is 5.41. The summed E-state index contributed by atoms with van der Waals surface area (Å²) >= 11 is 0. The first-order valence-corrected chi connectivity index (χ1v) is 3.64. The van der Waals surface area contributed by atoms with E-state index in [1.54, 1.807) is 0 Å². The Morgan fingerprint density at radius 1 is 1.55 bits per heavy atom. The molecule has 0 saturated carbocycles. The molecule has 3 heteroatoms. The minimum Gasteiger partial charge on any atom is -0.258 e. The smallest absolute Gasteiger partial charge is 0.109 e. The van der Waals surface area contributed by atoms with E-state index in [1.165, 1.54) is 0 Å². The van der Waals surface area contributed by atoms with Gasteiger partial charge in [-0.3, -0.25) is 5.10 Å². The Kier molecular flexibility index (Phi) is 1.35. The van der Waals surface area contributed by atoms with E-state index >= 15 is 0 Å². The molecule has 0 aromatic carbocycles. The van der Waals surface area contributed by atoms with Gasteiger partial charge in [-0.1, -0.05) is 24.3 Å². The first-order chi connectivity index (χ1) is 5.36. The molecular formula is C8H9N3.